The van der Waals surface area contributed by atoms with Crippen molar-refractivity contribution >= 4 is 17.8 Å². The second kappa shape index (κ2) is 8.98. The van der Waals surface area contributed by atoms with Gasteiger partial charge in [0.1, 0.15) is 5.75 Å². The third kappa shape index (κ3) is 5.40. The maximum absolute atomic E-state index is 12.7. The van der Waals surface area contributed by atoms with Crippen molar-refractivity contribution in [2.45, 2.75) is 26.3 Å². The molecular formula is C19H24N4O4. The van der Waals surface area contributed by atoms with Crippen molar-refractivity contribution in [1.29, 1.82) is 0 Å². The predicted octanol–water partition coefficient (Wildman–Crippen LogP) is 2.20. The molecule has 0 aliphatic heterocycles. The fourth-order valence-corrected chi connectivity index (χ4v) is 2.52. The Morgan fingerprint density at radius 3 is 2.44 bits per heavy atom. The molecule has 2 rings (SSSR count). The Kier molecular flexibility index (Phi) is 6.70. The van der Waals surface area contributed by atoms with Crippen LogP contribution < -0.4 is 15.0 Å². The normalized spacial score (nSPS) is 11.6. The molecule has 1 atom stereocenters. The molecule has 1 amide bonds. The van der Waals surface area contributed by atoms with E-state index in [4.69, 9.17) is 4.74 Å². The zero-order chi connectivity index (χ0) is 20.0. The van der Waals surface area contributed by atoms with Gasteiger partial charge < -0.3 is 20.1 Å². The van der Waals surface area contributed by atoms with E-state index in [2.05, 4.69) is 15.3 Å². The van der Waals surface area contributed by atoms with Crippen LogP contribution >= 0.6 is 0 Å². The summed E-state index contributed by atoms with van der Waals surface area (Å²) in [6.45, 7) is 4.14. The number of nitrogens with zero attached hydrogens (tertiary/aromatic N) is 3. The van der Waals surface area contributed by atoms with Crippen LogP contribution in [-0.4, -0.2) is 47.7 Å². The molecule has 0 spiro atoms. The lowest BCUT2D eigenvalue weighted by Gasteiger charge is -2.19. The topological polar surface area (TPSA) is 105 Å². The Hall–Kier alpha value is -3.16. The first kappa shape index (κ1) is 20.2. The van der Waals surface area contributed by atoms with Crippen LogP contribution in [0.15, 0.2) is 30.5 Å². The van der Waals surface area contributed by atoms with Gasteiger partial charge in [-0.3, -0.25) is 9.59 Å². The molecule has 0 unspecified atom stereocenters. The number of ether oxygens (including phenoxy) is 1. The highest BCUT2D eigenvalue weighted by atomic mass is 16.5. The number of anilines is 1. The highest BCUT2D eigenvalue weighted by Crippen LogP contribution is 2.21. The minimum absolute atomic E-state index is 0.241. The third-order valence-corrected chi connectivity index (χ3v) is 3.89. The standard InChI is InChI=1S/C19H24N4O4/c1-5-27-14-8-6-13(7-9-14)16(10-17(24)25)22-18(26)15-11-20-19(23(3)4)21-12(15)2/h6-9,11,16H,5,10H2,1-4H3,(H,22,26)(H,24,25)/t16-/m1/s1. The van der Waals surface area contributed by atoms with Gasteiger partial charge in [-0.05, 0) is 31.5 Å². The van der Waals surface area contributed by atoms with Gasteiger partial charge in [0.2, 0.25) is 5.95 Å². The number of carbonyl (C=O) groups is 2. The SMILES string of the molecule is CCOc1ccc([C@@H](CC(=O)O)NC(=O)c2cnc(N(C)C)nc2C)cc1. The molecule has 2 N–H and O–H groups in total. The van der Waals surface area contributed by atoms with Gasteiger partial charge in [0.15, 0.2) is 0 Å². The van der Waals surface area contributed by atoms with Gasteiger partial charge in [0.25, 0.3) is 5.91 Å². The van der Waals surface area contributed by atoms with Crippen molar-refractivity contribution in [2.75, 3.05) is 25.6 Å². The van der Waals surface area contributed by atoms with E-state index in [1.54, 1.807) is 36.1 Å². The minimum atomic E-state index is -1.01. The average molecular weight is 372 g/mol. The van der Waals surface area contributed by atoms with Crippen LogP contribution in [0.2, 0.25) is 0 Å². The van der Waals surface area contributed by atoms with Gasteiger partial charge >= 0.3 is 5.97 Å². The molecule has 0 saturated carbocycles. The third-order valence-electron chi connectivity index (χ3n) is 3.89. The molecule has 1 heterocycles. The Morgan fingerprint density at radius 1 is 1.26 bits per heavy atom. The van der Waals surface area contributed by atoms with Crippen LogP contribution in [-0.2, 0) is 4.79 Å². The van der Waals surface area contributed by atoms with Crippen molar-refractivity contribution in [3.8, 4) is 5.75 Å². The molecule has 1 aromatic carbocycles. The Balaban J connectivity index is 2.22. The second-order valence-corrected chi connectivity index (χ2v) is 6.19. The molecule has 8 heteroatoms. The lowest BCUT2D eigenvalue weighted by atomic mass is 10.0. The number of hydrogen-bond donors (Lipinski definition) is 2. The first-order chi connectivity index (χ1) is 12.8. The molecule has 27 heavy (non-hydrogen) atoms. The maximum Gasteiger partial charge on any atom is 0.305 e. The molecule has 144 valence electrons. The van der Waals surface area contributed by atoms with E-state index >= 15 is 0 Å². The fraction of sp³-hybridized carbons (Fsp3) is 0.368. The first-order valence-electron chi connectivity index (χ1n) is 8.58. The molecule has 0 radical (unpaired) electrons. The number of carboxylic acids is 1. The van der Waals surface area contributed by atoms with Gasteiger partial charge in [0, 0.05) is 20.3 Å². The van der Waals surface area contributed by atoms with E-state index in [0.717, 1.165) is 0 Å². The number of amides is 1. The zero-order valence-electron chi connectivity index (χ0n) is 15.9. The average Bonchev–Trinajstić information content (AvgIpc) is 2.61. The van der Waals surface area contributed by atoms with E-state index in [0.29, 0.717) is 35.1 Å². The largest absolute Gasteiger partial charge is 0.494 e. The summed E-state index contributed by atoms with van der Waals surface area (Å²) < 4.78 is 5.39. The highest BCUT2D eigenvalue weighted by Gasteiger charge is 2.21. The highest BCUT2D eigenvalue weighted by molar-refractivity contribution is 5.95. The van der Waals surface area contributed by atoms with E-state index in [1.807, 2.05) is 21.0 Å². The number of carboxylic acid groups (broad SMARTS) is 1. The maximum atomic E-state index is 12.7. The fourth-order valence-electron chi connectivity index (χ4n) is 2.52. The number of aliphatic carboxylic acids is 1. The summed E-state index contributed by atoms with van der Waals surface area (Å²) >= 11 is 0. The molecule has 0 saturated heterocycles. The van der Waals surface area contributed by atoms with Gasteiger partial charge in [0.05, 0.1) is 30.3 Å². The summed E-state index contributed by atoms with van der Waals surface area (Å²) in [7, 11) is 3.62. The first-order valence-corrected chi connectivity index (χ1v) is 8.58. The van der Waals surface area contributed by atoms with E-state index in [9.17, 15) is 14.7 Å². The summed E-state index contributed by atoms with van der Waals surface area (Å²) in [5.41, 5.74) is 1.51. The predicted molar refractivity (Wildman–Crippen MR) is 101 cm³/mol. The number of rotatable bonds is 8. The summed E-state index contributed by atoms with van der Waals surface area (Å²) in [5, 5.41) is 12.0. The number of nitrogens with one attached hydrogen (secondary N) is 1. The molecule has 0 aliphatic rings. The molecule has 2 aromatic rings. The smallest absolute Gasteiger partial charge is 0.305 e. The molecule has 1 aromatic heterocycles. The number of benzene rings is 1. The van der Waals surface area contributed by atoms with E-state index < -0.39 is 17.9 Å². The van der Waals surface area contributed by atoms with Crippen LogP contribution in [0.4, 0.5) is 5.95 Å². The Labute approximate surface area is 158 Å². The minimum Gasteiger partial charge on any atom is -0.494 e. The van der Waals surface area contributed by atoms with E-state index in [1.165, 1.54) is 6.20 Å². The lowest BCUT2D eigenvalue weighted by molar-refractivity contribution is -0.137. The second-order valence-electron chi connectivity index (χ2n) is 6.19. The number of hydrogen-bond acceptors (Lipinski definition) is 6. The molecule has 0 bridgehead atoms. The van der Waals surface area contributed by atoms with Crippen molar-refractivity contribution < 1.29 is 19.4 Å². The van der Waals surface area contributed by atoms with Crippen molar-refractivity contribution in [3.05, 3.63) is 47.3 Å². The van der Waals surface area contributed by atoms with Crippen LogP contribution in [0.5, 0.6) is 5.75 Å². The zero-order valence-corrected chi connectivity index (χ0v) is 15.9. The lowest BCUT2D eigenvalue weighted by Crippen LogP contribution is -2.31. The van der Waals surface area contributed by atoms with E-state index in [-0.39, 0.29) is 6.42 Å². The van der Waals surface area contributed by atoms with Gasteiger partial charge in [-0.25, -0.2) is 9.97 Å². The number of aryl methyl sites for hydroxylation is 1. The van der Waals surface area contributed by atoms with Crippen molar-refractivity contribution in [1.82, 2.24) is 15.3 Å². The van der Waals surface area contributed by atoms with Crippen LogP contribution in [0.25, 0.3) is 0 Å². The summed E-state index contributed by atoms with van der Waals surface area (Å²) in [6.07, 6.45) is 1.21. The van der Waals surface area contributed by atoms with Crippen LogP contribution in [0, 0.1) is 6.92 Å². The number of carbonyl (C=O) groups excluding carboxylic acids is 1. The van der Waals surface area contributed by atoms with Gasteiger partial charge in [-0.2, -0.15) is 0 Å². The van der Waals surface area contributed by atoms with Crippen molar-refractivity contribution in [2.24, 2.45) is 0 Å². The summed E-state index contributed by atoms with van der Waals surface area (Å²) in [6, 6.07) is 6.31. The van der Waals surface area contributed by atoms with Crippen LogP contribution in [0.1, 0.15) is 41.0 Å². The molecule has 8 nitrogen and oxygen atoms in total. The number of aromatic nitrogens is 2. The summed E-state index contributed by atoms with van der Waals surface area (Å²) in [4.78, 5) is 34.1. The Bertz CT molecular complexity index is 806. The van der Waals surface area contributed by atoms with Crippen molar-refractivity contribution in [3.63, 3.8) is 0 Å². The molecular weight excluding hydrogens is 348 g/mol. The Morgan fingerprint density at radius 2 is 1.93 bits per heavy atom. The van der Waals surface area contributed by atoms with Gasteiger partial charge in [-0.15, -0.1) is 0 Å². The monoisotopic (exact) mass is 372 g/mol. The molecule has 0 fully saturated rings. The summed E-state index contributed by atoms with van der Waals surface area (Å²) in [5.74, 6) is -0.245. The molecule has 0 aliphatic carbocycles. The van der Waals surface area contributed by atoms with Gasteiger partial charge in [-0.1, -0.05) is 12.1 Å². The van der Waals surface area contributed by atoms with Crippen LogP contribution in [0.3, 0.4) is 0 Å². The quantitative estimate of drug-likeness (QED) is 0.732.